The van der Waals surface area contributed by atoms with E-state index in [1.54, 1.807) is 35.7 Å². The number of amides is 1. The third-order valence-electron chi connectivity index (χ3n) is 4.91. The van der Waals surface area contributed by atoms with E-state index in [0.717, 1.165) is 35.0 Å². The van der Waals surface area contributed by atoms with E-state index in [0.29, 0.717) is 23.9 Å². The molecule has 8 heteroatoms. The number of rotatable bonds is 6. The first-order valence-corrected chi connectivity index (χ1v) is 11.3. The smallest absolute Gasteiger partial charge is 0.259 e. The van der Waals surface area contributed by atoms with Gasteiger partial charge in [0, 0.05) is 30.9 Å². The highest BCUT2D eigenvalue weighted by atomic mass is 32.2. The molecule has 0 fully saturated rings. The van der Waals surface area contributed by atoms with Crippen LogP contribution in [0.3, 0.4) is 0 Å². The van der Waals surface area contributed by atoms with Crippen LogP contribution < -0.4 is 5.56 Å². The largest absolute Gasteiger partial charge is 0.341 e. The first kappa shape index (κ1) is 19.1. The number of aromatic nitrogens is 3. The van der Waals surface area contributed by atoms with Crippen LogP contribution in [-0.4, -0.2) is 38.6 Å². The van der Waals surface area contributed by atoms with E-state index in [1.807, 2.05) is 12.1 Å². The van der Waals surface area contributed by atoms with Crippen molar-refractivity contribution >= 4 is 39.2 Å². The first-order valence-electron chi connectivity index (χ1n) is 9.36. The van der Waals surface area contributed by atoms with Crippen molar-refractivity contribution in [1.82, 2.24) is 19.9 Å². The fraction of sp³-hybridized carbons (Fsp3) is 0.400. The Kier molecular flexibility index (Phi) is 5.77. The van der Waals surface area contributed by atoms with Gasteiger partial charge in [-0.15, -0.1) is 23.1 Å². The van der Waals surface area contributed by atoms with Gasteiger partial charge < -0.3 is 9.88 Å². The lowest BCUT2D eigenvalue weighted by molar-refractivity contribution is -0.127. The number of thiophene rings is 1. The van der Waals surface area contributed by atoms with E-state index in [1.165, 1.54) is 28.6 Å². The molecule has 0 bridgehead atoms. The van der Waals surface area contributed by atoms with E-state index in [9.17, 15) is 9.59 Å². The number of fused-ring (bicyclic) bond motifs is 3. The zero-order valence-electron chi connectivity index (χ0n) is 15.7. The van der Waals surface area contributed by atoms with Gasteiger partial charge >= 0.3 is 0 Å². The van der Waals surface area contributed by atoms with E-state index in [4.69, 9.17) is 0 Å². The van der Waals surface area contributed by atoms with Crippen molar-refractivity contribution in [3.05, 3.63) is 56.7 Å². The van der Waals surface area contributed by atoms with Crippen LogP contribution in [0.25, 0.3) is 10.2 Å². The Morgan fingerprint density at radius 3 is 3.04 bits per heavy atom. The number of aryl methyl sites for hydroxylation is 2. The van der Waals surface area contributed by atoms with Crippen LogP contribution in [0.4, 0.5) is 0 Å². The number of hydrogen-bond acceptors (Lipinski definition) is 6. The van der Waals surface area contributed by atoms with Crippen LogP contribution in [0.2, 0.25) is 0 Å². The van der Waals surface area contributed by atoms with Gasteiger partial charge in [-0.05, 0) is 42.9 Å². The normalized spacial score (nSPS) is 13.5. The maximum absolute atomic E-state index is 12.6. The number of aromatic amines is 1. The van der Waals surface area contributed by atoms with Crippen LogP contribution in [0.15, 0.2) is 29.3 Å². The van der Waals surface area contributed by atoms with Gasteiger partial charge in [0.1, 0.15) is 10.7 Å². The van der Waals surface area contributed by atoms with Crippen molar-refractivity contribution in [3.8, 4) is 0 Å². The minimum atomic E-state index is -0.0416. The Labute approximate surface area is 171 Å². The topological polar surface area (TPSA) is 79.0 Å². The summed E-state index contributed by atoms with van der Waals surface area (Å²) in [5.41, 5.74) is 2.16. The zero-order chi connectivity index (χ0) is 19.5. The number of hydrogen-bond donors (Lipinski definition) is 1. The number of H-pyrrole nitrogens is 1. The number of pyridine rings is 1. The van der Waals surface area contributed by atoms with Crippen molar-refractivity contribution in [2.24, 2.45) is 0 Å². The minimum absolute atomic E-state index is 0.0416. The third-order valence-corrected chi connectivity index (χ3v) is 7.02. The quantitative estimate of drug-likeness (QED) is 0.670. The maximum atomic E-state index is 12.6. The predicted molar refractivity (Wildman–Crippen MR) is 114 cm³/mol. The summed E-state index contributed by atoms with van der Waals surface area (Å²) in [6, 6.07) is 3.82. The molecule has 1 N–H and O–H groups in total. The lowest BCUT2D eigenvalue weighted by Crippen LogP contribution is -2.28. The summed E-state index contributed by atoms with van der Waals surface area (Å²) in [7, 11) is 1.79. The summed E-state index contributed by atoms with van der Waals surface area (Å²) < 4.78 is 0. The lowest BCUT2D eigenvalue weighted by atomic mass is 9.97. The monoisotopic (exact) mass is 414 g/mol. The Balaban J connectivity index is 1.37. The van der Waals surface area contributed by atoms with Gasteiger partial charge in [0.25, 0.3) is 5.56 Å². The second-order valence-corrected chi connectivity index (χ2v) is 9.08. The predicted octanol–water partition coefficient (Wildman–Crippen LogP) is 3.15. The minimum Gasteiger partial charge on any atom is -0.341 e. The molecule has 28 heavy (non-hydrogen) atoms. The van der Waals surface area contributed by atoms with Crippen molar-refractivity contribution < 1.29 is 4.79 Å². The van der Waals surface area contributed by atoms with E-state index in [2.05, 4.69) is 15.0 Å². The van der Waals surface area contributed by atoms with Crippen LogP contribution >= 0.6 is 23.1 Å². The Morgan fingerprint density at radius 1 is 1.36 bits per heavy atom. The number of carbonyl (C=O) groups is 1. The van der Waals surface area contributed by atoms with E-state index in [-0.39, 0.29) is 11.5 Å². The highest BCUT2D eigenvalue weighted by Gasteiger charge is 2.20. The highest BCUT2D eigenvalue weighted by molar-refractivity contribution is 7.99. The highest BCUT2D eigenvalue weighted by Crippen LogP contribution is 2.33. The molecule has 1 aliphatic carbocycles. The van der Waals surface area contributed by atoms with Crippen LogP contribution in [-0.2, 0) is 29.9 Å². The molecular weight excluding hydrogens is 392 g/mol. The molecule has 0 unspecified atom stereocenters. The van der Waals surface area contributed by atoms with Crippen LogP contribution in [0.5, 0.6) is 0 Å². The average molecular weight is 415 g/mol. The number of carbonyl (C=O) groups excluding carboxylic acids is 1. The molecule has 1 aliphatic rings. The van der Waals surface area contributed by atoms with Gasteiger partial charge in [0.15, 0.2) is 0 Å². The van der Waals surface area contributed by atoms with Gasteiger partial charge in [0.2, 0.25) is 5.91 Å². The molecular formula is C20H22N4O2S2. The van der Waals surface area contributed by atoms with Gasteiger partial charge in [0.05, 0.1) is 16.9 Å². The molecule has 6 nitrogen and oxygen atoms in total. The van der Waals surface area contributed by atoms with Gasteiger partial charge in [-0.2, -0.15) is 0 Å². The number of nitrogens with zero attached hydrogens (tertiary/aromatic N) is 3. The molecule has 0 saturated carbocycles. The molecule has 146 valence electrons. The van der Waals surface area contributed by atoms with Gasteiger partial charge in [-0.25, -0.2) is 4.98 Å². The maximum Gasteiger partial charge on any atom is 0.259 e. The molecule has 0 saturated heterocycles. The van der Waals surface area contributed by atoms with Gasteiger partial charge in [-0.1, -0.05) is 6.07 Å². The standard InChI is InChI=1S/C20H22N4O2S2/c1-24(10-13-5-4-8-21-9-13)17(25)12-27-11-16-22-19(26)18-14-6-2-3-7-15(14)28-20(18)23-16/h4-5,8-9H,2-3,6-7,10-12H2,1H3,(H,22,23,26). The second kappa shape index (κ2) is 8.45. The molecule has 3 aromatic heterocycles. The average Bonchev–Trinajstić information content (AvgIpc) is 3.07. The Hall–Kier alpha value is -2.19. The lowest BCUT2D eigenvalue weighted by Gasteiger charge is -2.16. The van der Waals surface area contributed by atoms with Crippen molar-refractivity contribution in [1.29, 1.82) is 0 Å². The Morgan fingerprint density at radius 2 is 2.21 bits per heavy atom. The fourth-order valence-electron chi connectivity index (χ4n) is 3.48. The van der Waals surface area contributed by atoms with Crippen LogP contribution in [0, 0.1) is 0 Å². The van der Waals surface area contributed by atoms with E-state index >= 15 is 0 Å². The number of thioether (sulfide) groups is 1. The molecule has 3 heterocycles. The van der Waals surface area contributed by atoms with Crippen LogP contribution in [0.1, 0.15) is 34.7 Å². The molecule has 0 spiro atoms. The molecule has 0 atom stereocenters. The second-order valence-electron chi connectivity index (χ2n) is 7.01. The zero-order valence-corrected chi connectivity index (χ0v) is 17.4. The van der Waals surface area contributed by atoms with Crippen molar-refractivity contribution in [3.63, 3.8) is 0 Å². The molecule has 1 amide bonds. The van der Waals surface area contributed by atoms with Crippen molar-refractivity contribution in [2.45, 2.75) is 38.0 Å². The molecule has 4 rings (SSSR count). The summed E-state index contributed by atoms with van der Waals surface area (Å²) in [5, 5.41) is 0.778. The molecule has 3 aromatic rings. The summed E-state index contributed by atoms with van der Waals surface area (Å²) >= 11 is 3.12. The molecule has 0 aromatic carbocycles. The first-order chi connectivity index (χ1) is 13.6. The summed E-state index contributed by atoms with van der Waals surface area (Å²) in [4.78, 5) is 40.4. The summed E-state index contributed by atoms with van der Waals surface area (Å²) in [6.45, 7) is 0.537. The fourth-order valence-corrected chi connectivity index (χ4v) is 5.58. The SMILES string of the molecule is CN(Cc1cccnc1)C(=O)CSCc1nc2sc3c(c2c(=O)[nH]1)CCCC3. The summed E-state index contributed by atoms with van der Waals surface area (Å²) in [6.07, 6.45) is 7.85. The third kappa shape index (κ3) is 4.12. The van der Waals surface area contributed by atoms with Crippen molar-refractivity contribution in [2.75, 3.05) is 12.8 Å². The Bertz CT molecular complexity index is 1050. The molecule has 0 radical (unpaired) electrons. The van der Waals surface area contributed by atoms with E-state index < -0.39 is 0 Å². The van der Waals surface area contributed by atoms with Gasteiger partial charge in [-0.3, -0.25) is 14.6 Å². The number of nitrogens with one attached hydrogen (secondary N) is 1. The molecule has 0 aliphatic heterocycles. The summed E-state index contributed by atoms with van der Waals surface area (Å²) in [5.74, 6) is 1.55.